The number of carbonyl (C=O) groups is 2. The van der Waals surface area contributed by atoms with Gasteiger partial charge in [0.1, 0.15) is 11.5 Å². The number of nitrogens with one attached hydrogen (secondary N) is 1. The predicted octanol–water partition coefficient (Wildman–Crippen LogP) is 1.76. The Labute approximate surface area is 153 Å². The lowest BCUT2D eigenvalue weighted by atomic mass is 9.85. The monoisotopic (exact) mass is 362 g/mol. The second kappa shape index (κ2) is 7.95. The normalized spacial score (nSPS) is 21.8. The van der Waals surface area contributed by atoms with Crippen LogP contribution < -0.4 is 14.8 Å². The number of benzene rings is 1. The first-order valence-electron chi connectivity index (χ1n) is 8.99. The first-order chi connectivity index (χ1) is 12.5. The molecule has 2 aliphatic carbocycles. The molecule has 0 bridgehead atoms. The molecule has 26 heavy (non-hydrogen) atoms. The molecule has 142 valence electrons. The van der Waals surface area contributed by atoms with E-state index in [1.165, 1.54) is 20.0 Å². The lowest BCUT2D eigenvalue weighted by Gasteiger charge is -2.42. The van der Waals surface area contributed by atoms with E-state index in [1.54, 1.807) is 25.3 Å². The van der Waals surface area contributed by atoms with Crippen molar-refractivity contribution in [1.29, 1.82) is 0 Å². The van der Waals surface area contributed by atoms with E-state index in [4.69, 9.17) is 14.6 Å². The Kier molecular flexibility index (Phi) is 5.66. The number of hydrogen-bond donors (Lipinski definition) is 2. The molecule has 3 rings (SSSR count). The van der Waals surface area contributed by atoms with Gasteiger partial charge in [0.2, 0.25) is 0 Å². The highest BCUT2D eigenvalue weighted by molar-refractivity contribution is 5.97. The van der Waals surface area contributed by atoms with E-state index in [2.05, 4.69) is 10.2 Å². The average Bonchev–Trinajstić information content (AvgIpc) is 3.39. The molecule has 2 saturated carbocycles. The van der Waals surface area contributed by atoms with Gasteiger partial charge in [0.15, 0.2) is 0 Å². The maximum atomic E-state index is 12.5. The molecule has 1 amide bonds. The van der Waals surface area contributed by atoms with Gasteiger partial charge >= 0.3 is 5.97 Å². The minimum atomic E-state index is -0.791. The van der Waals surface area contributed by atoms with Crippen molar-refractivity contribution in [1.82, 2.24) is 10.2 Å². The molecule has 1 aromatic carbocycles. The highest BCUT2D eigenvalue weighted by Gasteiger charge is 2.38. The first-order valence-corrected chi connectivity index (χ1v) is 8.99. The Morgan fingerprint density at radius 2 is 1.96 bits per heavy atom. The summed E-state index contributed by atoms with van der Waals surface area (Å²) in [5, 5.41) is 12.1. The molecule has 0 radical (unpaired) electrons. The molecule has 2 N–H and O–H groups in total. The maximum absolute atomic E-state index is 12.5. The summed E-state index contributed by atoms with van der Waals surface area (Å²) in [6, 6.07) is 5.39. The number of carboxylic acid groups (broad SMARTS) is 1. The second-order valence-electron chi connectivity index (χ2n) is 7.13. The zero-order valence-electron chi connectivity index (χ0n) is 15.2. The summed E-state index contributed by atoms with van der Waals surface area (Å²) in [4.78, 5) is 25.7. The van der Waals surface area contributed by atoms with Crippen molar-refractivity contribution in [3.63, 3.8) is 0 Å². The molecule has 2 fully saturated rings. The van der Waals surface area contributed by atoms with Crippen LogP contribution in [0.25, 0.3) is 0 Å². The maximum Gasteiger partial charge on any atom is 0.317 e. The Hall–Kier alpha value is -2.28. The number of ether oxygens (including phenoxy) is 2. The van der Waals surface area contributed by atoms with Crippen molar-refractivity contribution in [2.45, 2.75) is 37.8 Å². The fourth-order valence-electron chi connectivity index (χ4n) is 3.40. The summed E-state index contributed by atoms with van der Waals surface area (Å²) in [5.74, 6) is 0.776. The van der Waals surface area contributed by atoms with Crippen LogP contribution in [0, 0.1) is 5.92 Å². The number of carboxylic acids is 1. The fraction of sp³-hybridized carbons (Fsp3) is 0.579. The minimum absolute atomic E-state index is 0.0646. The van der Waals surface area contributed by atoms with E-state index in [0.717, 1.165) is 19.4 Å². The Bertz CT molecular complexity index is 668. The predicted molar refractivity (Wildman–Crippen MR) is 95.8 cm³/mol. The minimum Gasteiger partial charge on any atom is -0.497 e. The smallest absolute Gasteiger partial charge is 0.317 e. The van der Waals surface area contributed by atoms with Crippen LogP contribution in [-0.4, -0.2) is 61.3 Å². The van der Waals surface area contributed by atoms with Crippen LogP contribution in [0.1, 0.15) is 36.0 Å². The molecule has 0 unspecified atom stereocenters. The van der Waals surface area contributed by atoms with Gasteiger partial charge in [-0.05, 0) is 43.7 Å². The van der Waals surface area contributed by atoms with Crippen LogP contribution in [0.2, 0.25) is 0 Å². The molecule has 0 aliphatic heterocycles. The molecular weight excluding hydrogens is 336 g/mol. The first kappa shape index (κ1) is 18.5. The van der Waals surface area contributed by atoms with E-state index in [0.29, 0.717) is 23.0 Å². The number of nitrogens with zero attached hydrogens (tertiary/aromatic N) is 1. The lowest BCUT2D eigenvalue weighted by molar-refractivity contribution is -0.139. The SMILES string of the molecule is COc1ccc(C(=O)NC2CC(N(CC(=O)O)CC3CC3)C2)c(OC)c1. The van der Waals surface area contributed by atoms with Gasteiger partial charge in [-0.1, -0.05) is 0 Å². The molecule has 2 aliphatic rings. The molecule has 1 aromatic rings. The van der Waals surface area contributed by atoms with Crippen molar-refractivity contribution in [3.05, 3.63) is 23.8 Å². The average molecular weight is 362 g/mol. The van der Waals surface area contributed by atoms with E-state index < -0.39 is 5.97 Å². The number of hydrogen-bond acceptors (Lipinski definition) is 5. The summed E-state index contributed by atoms with van der Waals surface area (Å²) in [6.07, 6.45) is 3.95. The molecule has 0 aromatic heterocycles. The number of amides is 1. The Balaban J connectivity index is 1.54. The Morgan fingerprint density at radius 3 is 2.54 bits per heavy atom. The zero-order valence-corrected chi connectivity index (χ0v) is 15.2. The van der Waals surface area contributed by atoms with Crippen molar-refractivity contribution < 1.29 is 24.2 Å². The van der Waals surface area contributed by atoms with Crippen molar-refractivity contribution in [2.75, 3.05) is 27.3 Å². The molecule has 0 spiro atoms. The third-order valence-corrected chi connectivity index (χ3v) is 5.15. The van der Waals surface area contributed by atoms with Crippen LogP contribution in [0.15, 0.2) is 18.2 Å². The quantitative estimate of drug-likeness (QED) is 0.696. The van der Waals surface area contributed by atoms with Crippen LogP contribution in [0.5, 0.6) is 11.5 Å². The van der Waals surface area contributed by atoms with Gasteiger partial charge in [0, 0.05) is 24.7 Å². The van der Waals surface area contributed by atoms with Crippen LogP contribution in [0.3, 0.4) is 0 Å². The third-order valence-electron chi connectivity index (χ3n) is 5.15. The standard InChI is InChI=1S/C19H26N2O5/c1-25-15-5-6-16(17(9-15)26-2)19(24)20-13-7-14(8-13)21(11-18(22)23)10-12-3-4-12/h5-6,9,12-14H,3-4,7-8,10-11H2,1-2H3,(H,20,24)(H,22,23). The summed E-state index contributed by atoms with van der Waals surface area (Å²) < 4.78 is 10.4. The van der Waals surface area contributed by atoms with Crippen LogP contribution in [0.4, 0.5) is 0 Å². The Morgan fingerprint density at radius 1 is 1.23 bits per heavy atom. The van der Waals surface area contributed by atoms with Gasteiger partial charge in [-0.3, -0.25) is 14.5 Å². The van der Waals surface area contributed by atoms with E-state index in [-0.39, 0.29) is 24.5 Å². The highest BCUT2D eigenvalue weighted by Crippen LogP contribution is 2.34. The second-order valence-corrected chi connectivity index (χ2v) is 7.13. The van der Waals surface area contributed by atoms with Gasteiger partial charge in [0.25, 0.3) is 5.91 Å². The van der Waals surface area contributed by atoms with Crippen LogP contribution in [-0.2, 0) is 4.79 Å². The van der Waals surface area contributed by atoms with Crippen molar-refractivity contribution in [3.8, 4) is 11.5 Å². The van der Waals surface area contributed by atoms with Gasteiger partial charge in [-0.15, -0.1) is 0 Å². The number of aliphatic carboxylic acids is 1. The molecule has 7 heteroatoms. The third kappa shape index (κ3) is 4.46. The summed E-state index contributed by atoms with van der Waals surface area (Å²) >= 11 is 0. The van der Waals surface area contributed by atoms with E-state index >= 15 is 0 Å². The lowest BCUT2D eigenvalue weighted by Crippen LogP contribution is -2.55. The molecule has 0 heterocycles. The number of methoxy groups -OCH3 is 2. The van der Waals surface area contributed by atoms with Crippen molar-refractivity contribution >= 4 is 11.9 Å². The van der Waals surface area contributed by atoms with Crippen LogP contribution >= 0.6 is 0 Å². The van der Waals surface area contributed by atoms with E-state index in [9.17, 15) is 9.59 Å². The summed E-state index contributed by atoms with van der Waals surface area (Å²) in [6.45, 7) is 0.929. The molecule has 0 saturated heterocycles. The molecule has 0 atom stereocenters. The highest BCUT2D eigenvalue weighted by atomic mass is 16.5. The molecule has 7 nitrogen and oxygen atoms in total. The van der Waals surface area contributed by atoms with Gasteiger partial charge < -0.3 is 19.9 Å². The topological polar surface area (TPSA) is 88.1 Å². The zero-order chi connectivity index (χ0) is 18.7. The number of carbonyl (C=O) groups excluding carboxylic acids is 1. The fourth-order valence-corrected chi connectivity index (χ4v) is 3.40. The van der Waals surface area contributed by atoms with E-state index in [1.807, 2.05) is 0 Å². The number of rotatable bonds is 9. The van der Waals surface area contributed by atoms with Crippen molar-refractivity contribution in [2.24, 2.45) is 5.92 Å². The summed E-state index contributed by atoms with van der Waals surface area (Å²) in [5.41, 5.74) is 0.470. The molecular formula is C19H26N2O5. The van der Waals surface area contributed by atoms with Gasteiger partial charge in [-0.25, -0.2) is 0 Å². The largest absolute Gasteiger partial charge is 0.497 e. The van der Waals surface area contributed by atoms with Gasteiger partial charge in [0.05, 0.1) is 26.3 Å². The van der Waals surface area contributed by atoms with Gasteiger partial charge in [-0.2, -0.15) is 0 Å². The summed E-state index contributed by atoms with van der Waals surface area (Å²) in [7, 11) is 3.08.